The van der Waals surface area contributed by atoms with Crippen molar-refractivity contribution in [3.05, 3.63) is 51.2 Å². The smallest absolute Gasteiger partial charge is 0.137 e. The summed E-state index contributed by atoms with van der Waals surface area (Å²) in [6.07, 6.45) is 1.73. The predicted octanol–water partition coefficient (Wildman–Crippen LogP) is 4.78. The molecule has 1 aromatic heterocycles. The van der Waals surface area contributed by atoms with Crippen LogP contribution in [0.25, 0.3) is 11.1 Å². The molecule has 16 heavy (non-hydrogen) atoms. The van der Waals surface area contributed by atoms with Gasteiger partial charge in [-0.1, -0.05) is 45.2 Å². The second-order valence-corrected chi connectivity index (χ2v) is 4.99. The lowest BCUT2D eigenvalue weighted by molar-refractivity contribution is 1.28. The minimum Gasteiger partial charge on any atom is -0.244 e. The number of hydrogen-bond acceptors (Lipinski definition) is 1. The number of aromatic nitrogens is 1. The maximum Gasteiger partial charge on any atom is 0.137 e. The van der Waals surface area contributed by atoms with Crippen LogP contribution in [0.3, 0.4) is 0 Å². The monoisotopic (exact) mass is 295 g/mol. The van der Waals surface area contributed by atoms with E-state index in [9.17, 15) is 0 Å². The van der Waals surface area contributed by atoms with E-state index < -0.39 is 0 Å². The molecule has 0 bridgehead atoms. The molecular formula is C13H11BrClN. The molecule has 0 atom stereocenters. The highest BCUT2D eigenvalue weighted by molar-refractivity contribution is 9.10. The first-order valence-corrected chi connectivity index (χ1v) is 6.14. The molecule has 3 heteroatoms. The van der Waals surface area contributed by atoms with Crippen molar-refractivity contribution in [3.8, 4) is 11.1 Å². The lowest BCUT2D eigenvalue weighted by Gasteiger charge is -2.10. The lowest BCUT2D eigenvalue weighted by Crippen LogP contribution is -1.89. The van der Waals surface area contributed by atoms with Crippen LogP contribution in [-0.2, 0) is 0 Å². The number of hydrogen-bond donors (Lipinski definition) is 0. The van der Waals surface area contributed by atoms with Gasteiger partial charge in [-0.25, -0.2) is 4.98 Å². The van der Waals surface area contributed by atoms with E-state index in [1.807, 2.05) is 19.1 Å². The van der Waals surface area contributed by atoms with Crippen LogP contribution in [0.1, 0.15) is 11.1 Å². The van der Waals surface area contributed by atoms with Gasteiger partial charge in [-0.05, 0) is 37.1 Å². The molecule has 2 aromatic rings. The molecule has 0 saturated carbocycles. The summed E-state index contributed by atoms with van der Waals surface area (Å²) in [6, 6.07) is 8.18. The Balaban J connectivity index is 2.72. The summed E-state index contributed by atoms with van der Waals surface area (Å²) < 4.78 is 1.04. The fourth-order valence-electron chi connectivity index (χ4n) is 1.68. The van der Waals surface area contributed by atoms with E-state index in [2.05, 4.69) is 40.0 Å². The number of aryl methyl sites for hydroxylation is 2. The van der Waals surface area contributed by atoms with Gasteiger partial charge in [0.1, 0.15) is 5.15 Å². The van der Waals surface area contributed by atoms with E-state index in [-0.39, 0.29) is 0 Å². The number of nitrogens with zero attached hydrogens (tertiary/aromatic N) is 1. The first-order valence-electron chi connectivity index (χ1n) is 4.97. The van der Waals surface area contributed by atoms with Crippen molar-refractivity contribution < 1.29 is 0 Å². The first-order chi connectivity index (χ1) is 7.59. The molecule has 0 aliphatic rings. The van der Waals surface area contributed by atoms with E-state index in [1.165, 1.54) is 5.56 Å². The predicted molar refractivity (Wildman–Crippen MR) is 71.9 cm³/mol. The van der Waals surface area contributed by atoms with E-state index in [1.54, 1.807) is 6.20 Å². The third-order valence-corrected chi connectivity index (χ3v) is 3.48. The second-order valence-electron chi connectivity index (χ2n) is 3.78. The Hall–Kier alpha value is -0.860. The standard InChI is InChI=1S/C13H11BrClN/c1-8-3-4-11(14)10(7-8)12-9(2)5-6-16-13(12)15/h3-7H,1-2H3. The summed E-state index contributed by atoms with van der Waals surface area (Å²) in [5.41, 5.74) is 4.43. The first kappa shape index (κ1) is 11.6. The highest BCUT2D eigenvalue weighted by Gasteiger charge is 2.11. The zero-order valence-corrected chi connectivity index (χ0v) is 11.4. The van der Waals surface area contributed by atoms with Crippen LogP contribution < -0.4 is 0 Å². The van der Waals surface area contributed by atoms with Crippen molar-refractivity contribution in [2.75, 3.05) is 0 Å². The Labute approximate surface area is 109 Å². The summed E-state index contributed by atoms with van der Waals surface area (Å²) in [5, 5.41) is 0.548. The molecule has 1 heterocycles. The molecule has 0 spiro atoms. The topological polar surface area (TPSA) is 12.9 Å². The second kappa shape index (κ2) is 4.56. The molecule has 82 valence electrons. The maximum absolute atomic E-state index is 6.16. The Kier molecular flexibility index (Phi) is 3.31. The molecule has 2 rings (SSSR count). The lowest BCUT2D eigenvalue weighted by atomic mass is 10.0. The van der Waals surface area contributed by atoms with Crippen molar-refractivity contribution >= 4 is 27.5 Å². The third-order valence-electron chi connectivity index (χ3n) is 2.50. The van der Waals surface area contributed by atoms with Gasteiger partial charge in [0.05, 0.1) is 0 Å². The van der Waals surface area contributed by atoms with Crippen LogP contribution in [0.4, 0.5) is 0 Å². The quantitative estimate of drug-likeness (QED) is 0.690. The Bertz CT molecular complexity index is 517. The van der Waals surface area contributed by atoms with Gasteiger partial charge in [-0.2, -0.15) is 0 Å². The average molecular weight is 297 g/mol. The fraction of sp³-hybridized carbons (Fsp3) is 0.154. The molecule has 0 unspecified atom stereocenters. The Morgan fingerprint density at radius 1 is 1.19 bits per heavy atom. The number of benzene rings is 1. The molecule has 0 N–H and O–H groups in total. The summed E-state index contributed by atoms with van der Waals surface area (Å²) in [6.45, 7) is 4.10. The van der Waals surface area contributed by atoms with Gasteiger partial charge in [-0.15, -0.1) is 0 Å². The largest absolute Gasteiger partial charge is 0.244 e. The van der Waals surface area contributed by atoms with Gasteiger partial charge >= 0.3 is 0 Å². The van der Waals surface area contributed by atoms with Gasteiger partial charge in [-0.3, -0.25) is 0 Å². The SMILES string of the molecule is Cc1ccc(Br)c(-c2c(C)ccnc2Cl)c1. The molecule has 1 aromatic carbocycles. The molecule has 0 radical (unpaired) electrons. The molecule has 1 nitrogen and oxygen atoms in total. The van der Waals surface area contributed by atoms with Crippen molar-refractivity contribution in [1.29, 1.82) is 0 Å². The van der Waals surface area contributed by atoms with Crippen LogP contribution in [0.5, 0.6) is 0 Å². The normalized spacial score (nSPS) is 10.5. The maximum atomic E-state index is 6.16. The van der Waals surface area contributed by atoms with E-state index in [0.29, 0.717) is 5.15 Å². The summed E-state index contributed by atoms with van der Waals surface area (Å²) in [7, 11) is 0. The van der Waals surface area contributed by atoms with E-state index in [0.717, 1.165) is 21.2 Å². The van der Waals surface area contributed by atoms with Gasteiger partial charge in [0.25, 0.3) is 0 Å². The number of rotatable bonds is 1. The van der Waals surface area contributed by atoms with Gasteiger partial charge in [0, 0.05) is 16.2 Å². The van der Waals surface area contributed by atoms with E-state index >= 15 is 0 Å². The summed E-state index contributed by atoms with van der Waals surface area (Å²) in [5.74, 6) is 0. The van der Waals surface area contributed by atoms with Crippen LogP contribution in [0, 0.1) is 13.8 Å². The van der Waals surface area contributed by atoms with Crippen molar-refractivity contribution in [2.45, 2.75) is 13.8 Å². The highest BCUT2D eigenvalue weighted by Crippen LogP contribution is 2.35. The summed E-state index contributed by atoms with van der Waals surface area (Å²) >= 11 is 9.71. The van der Waals surface area contributed by atoms with Crippen molar-refractivity contribution in [1.82, 2.24) is 4.98 Å². The highest BCUT2D eigenvalue weighted by atomic mass is 79.9. The average Bonchev–Trinajstić information content (AvgIpc) is 2.23. The Morgan fingerprint density at radius 3 is 2.62 bits per heavy atom. The minimum absolute atomic E-state index is 0.548. The number of pyridine rings is 1. The zero-order valence-electron chi connectivity index (χ0n) is 9.09. The van der Waals surface area contributed by atoms with Crippen LogP contribution >= 0.6 is 27.5 Å². The molecule has 0 saturated heterocycles. The summed E-state index contributed by atoms with van der Waals surface area (Å²) in [4.78, 5) is 4.13. The van der Waals surface area contributed by atoms with Crippen molar-refractivity contribution in [2.24, 2.45) is 0 Å². The van der Waals surface area contributed by atoms with Crippen LogP contribution in [0.15, 0.2) is 34.9 Å². The molecule has 0 amide bonds. The zero-order chi connectivity index (χ0) is 11.7. The van der Waals surface area contributed by atoms with Gasteiger partial charge in [0.15, 0.2) is 0 Å². The molecular weight excluding hydrogens is 286 g/mol. The third kappa shape index (κ3) is 2.13. The number of halogens is 2. The van der Waals surface area contributed by atoms with Crippen molar-refractivity contribution in [3.63, 3.8) is 0 Å². The van der Waals surface area contributed by atoms with Crippen LogP contribution in [-0.4, -0.2) is 4.98 Å². The molecule has 0 aliphatic carbocycles. The Morgan fingerprint density at radius 2 is 1.94 bits per heavy atom. The molecule has 0 fully saturated rings. The fourth-order valence-corrected chi connectivity index (χ4v) is 2.43. The van der Waals surface area contributed by atoms with Gasteiger partial charge < -0.3 is 0 Å². The van der Waals surface area contributed by atoms with Crippen LogP contribution in [0.2, 0.25) is 5.15 Å². The minimum atomic E-state index is 0.548. The molecule has 0 aliphatic heterocycles. The van der Waals surface area contributed by atoms with Gasteiger partial charge in [0.2, 0.25) is 0 Å². The van der Waals surface area contributed by atoms with E-state index in [4.69, 9.17) is 11.6 Å².